The molecule has 2 nitrogen and oxygen atoms in total. The van der Waals surface area contributed by atoms with Gasteiger partial charge in [0.25, 0.3) is 0 Å². The molecule has 0 unspecified atom stereocenters. The molecule has 0 aromatic heterocycles. The number of rotatable bonds is 1. The van der Waals surface area contributed by atoms with Crippen molar-refractivity contribution in [3.8, 4) is 0 Å². The fraction of sp³-hybridized carbons (Fsp3) is 1.00. The summed E-state index contributed by atoms with van der Waals surface area (Å²) in [5, 5.41) is 8.82. The van der Waals surface area contributed by atoms with Crippen LogP contribution in [0, 0.1) is 11.3 Å². The van der Waals surface area contributed by atoms with Gasteiger partial charge in [0.2, 0.25) is 0 Å². The van der Waals surface area contributed by atoms with Crippen molar-refractivity contribution in [2.45, 2.75) is 33.3 Å². The van der Waals surface area contributed by atoms with Crippen molar-refractivity contribution in [1.82, 2.24) is 0 Å². The van der Waals surface area contributed by atoms with Crippen molar-refractivity contribution < 1.29 is 9.84 Å². The van der Waals surface area contributed by atoms with Gasteiger partial charge in [-0.1, -0.05) is 20.8 Å². The highest BCUT2D eigenvalue weighted by molar-refractivity contribution is 4.81. The van der Waals surface area contributed by atoms with Gasteiger partial charge < -0.3 is 9.84 Å². The first-order valence-corrected chi connectivity index (χ1v) is 4.26. The molecule has 11 heavy (non-hydrogen) atoms. The van der Waals surface area contributed by atoms with E-state index in [0.717, 1.165) is 13.0 Å². The summed E-state index contributed by atoms with van der Waals surface area (Å²) in [7, 11) is 0. The van der Waals surface area contributed by atoms with Crippen LogP contribution in [0.3, 0.4) is 0 Å². The zero-order valence-electron chi connectivity index (χ0n) is 7.63. The predicted octanol–water partition coefficient (Wildman–Crippen LogP) is 1.43. The molecule has 0 aromatic carbocycles. The van der Waals surface area contributed by atoms with E-state index in [9.17, 15) is 0 Å². The molecule has 1 saturated heterocycles. The zero-order chi connectivity index (χ0) is 8.48. The van der Waals surface area contributed by atoms with Gasteiger partial charge in [0.05, 0.1) is 19.3 Å². The van der Waals surface area contributed by atoms with Gasteiger partial charge in [-0.15, -0.1) is 0 Å². The lowest BCUT2D eigenvalue weighted by atomic mass is 9.79. The van der Waals surface area contributed by atoms with Crippen LogP contribution in [0.15, 0.2) is 0 Å². The Bertz CT molecular complexity index is 126. The number of ether oxygens (including phenoxy) is 1. The molecular formula is C9H18O2. The van der Waals surface area contributed by atoms with Gasteiger partial charge in [0.15, 0.2) is 0 Å². The summed E-state index contributed by atoms with van der Waals surface area (Å²) in [4.78, 5) is 0. The summed E-state index contributed by atoms with van der Waals surface area (Å²) in [6, 6.07) is 0. The number of aliphatic hydroxyl groups excluding tert-OH is 1. The molecule has 1 rings (SSSR count). The first-order valence-electron chi connectivity index (χ1n) is 4.26. The van der Waals surface area contributed by atoms with Gasteiger partial charge in [-0.3, -0.25) is 0 Å². The van der Waals surface area contributed by atoms with E-state index in [1.807, 2.05) is 0 Å². The third kappa shape index (κ3) is 2.17. The molecule has 0 amide bonds. The van der Waals surface area contributed by atoms with Gasteiger partial charge in [0.1, 0.15) is 0 Å². The Morgan fingerprint density at radius 3 is 2.36 bits per heavy atom. The molecule has 66 valence electrons. The summed E-state index contributed by atoms with van der Waals surface area (Å²) in [6.07, 6.45) is 1.11. The molecule has 1 N–H and O–H groups in total. The molecule has 1 fully saturated rings. The molecule has 2 heteroatoms. The second-order valence-corrected chi connectivity index (χ2v) is 4.44. The molecule has 0 bridgehead atoms. The van der Waals surface area contributed by atoms with Crippen LogP contribution >= 0.6 is 0 Å². The van der Waals surface area contributed by atoms with Crippen LogP contribution in [0.5, 0.6) is 0 Å². The van der Waals surface area contributed by atoms with Crippen LogP contribution in [-0.4, -0.2) is 24.4 Å². The minimum Gasteiger partial charge on any atom is -0.394 e. The van der Waals surface area contributed by atoms with Crippen LogP contribution in [0.1, 0.15) is 27.2 Å². The molecule has 1 aliphatic heterocycles. The summed E-state index contributed by atoms with van der Waals surface area (Å²) in [5.74, 6) is 0.611. The van der Waals surface area contributed by atoms with Crippen molar-refractivity contribution in [3.63, 3.8) is 0 Å². The van der Waals surface area contributed by atoms with E-state index < -0.39 is 0 Å². The van der Waals surface area contributed by atoms with Crippen molar-refractivity contribution in [1.29, 1.82) is 0 Å². The van der Waals surface area contributed by atoms with Gasteiger partial charge in [0, 0.05) is 0 Å². The maximum atomic E-state index is 8.82. The third-order valence-corrected chi connectivity index (χ3v) is 2.51. The topological polar surface area (TPSA) is 29.5 Å². The van der Waals surface area contributed by atoms with Crippen LogP contribution in [-0.2, 0) is 4.74 Å². The lowest BCUT2D eigenvalue weighted by Crippen LogP contribution is -2.20. The highest BCUT2D eigenvalue weighted by Crippen LogP contribution is 2.34. The minimum absolute atomic E-state index is 0.0965. The fourth-order valence-electron chi connectivity index (χ4n) is 1.44. The van der Waals surface area contributed by atoms with Gasteiger partial charge in [-0.2, -0.15) is 0 Å². The molecule has 0 radical (unpaired) electrons. The molecule has 0 spiro atoms. The molecule has 2 atom stereocenters. The third-order valence-electron chi connectivity index (χ3n) is 2.51. The normalized spacial score (nSPS) is 32.7. The second-order valence-electron chi connectivity index (χ2n) is 4.44. The molecule has 1 aliphatic rings. The summed E-state index contributed by atoms with van der Waals surface area (Å²) >= 11 is 0. The SMILES string of the molecule is CC(C)(C)[C@H]1CO[C@@H](CO)C1. The fourth-order valence-corrected chi connectivity index (χ4v) is 1.44. The van der Waals surface area contributed by atoms with E-state index in [-0.39, 0.29) is 12.7 Å². The van der Waals surface area contributed by atoms with Crippen molar-refractivity contribution in [2.75, 3.05) is 13.2 Å². The lowest BCUT2D eigenvalue weighted by molar-refractivity contribution is 0.0540. The Hall–Kier alpha value is -0.0800. The van der Waals surface area contributed by atoms with E-state index in [0.29, 0.717) is 11.3 Å². The second kappa shape index (κ2) is 3.11. The van der Waals surface area contributed by atoms with Gasteiger partial charge >= 0.3 is 0 Å². The minimum atomic E-state index is 0.0965. The highest BCUT2D eigenvalue weighted by atomic mass is 16.5. The Labute approximate surface area is 68.6 Å². The number of hydrogen-bond donors (Lipinski definition) is 1. The van der Waals surface area contributed by atoms with Crippen molar-refractivity contribution in [2.24, 2.45) is 11.3 Å². The Morgan fingerprint density at radius 2 is 2.09 bits per heavy atom. The Morgan fingerprint density at radius 1 is 1.45 bits per heavy atom. The molecule has 0 saturated carbocycles. The van der Waals surface area contributed by atoms with E-state index in [1.165, 1.54) is 0 Å². The van der Waals surface area contributed by atoms with E-state index in [2.05, 4.69) is 20.8 Å². The Kier molecular flexibility index (Phi) is 2.55. The van der Waals surface area contributed by atoms with E-state index in [1.54, 1.807) is 0 Å². The number of aliphatic hydroxyl groups is 1. The predicted molar refractivity (Wildman–Crippen MR) is 44.4 cm³/mol. The molecule has 0 aromatic rings. The average Bonchev–Trinajstić information content (AvgIpc) is 2.32. The monoisotopic (exact) mass is 158 g/mol. The average molecular weight is 158 g/mol. The highest BCUT2D eigenvalue weighted by Gasteiger charge is 2.33. The van der Waals surface area contributed by atoms with Crippen molar-refractivity contribution in [3.05, 3.63) is 0 Å². The van der Waals surface area contributed by atoms with Gasteiger partial charge in [-0.25, -0.2) is 0 Å². The molecular weight excluding hydrogens is 140 g/mol. The van der Waals surface area contributed by atoms with Crippen molar-refractivity contribution >= 4 is 0 Å². The smallest absolute Gasteiger partial charge is 0.0809 e. The summed E-state index contributed by atoms with van der Waals surface area (Å²) in [6.45, 7) is 7.66. The number of hydrogen-bond acceptors (Lipinski definition) is 2. The van der Waals surface area contributed by atoms with Gasteiger partial charge in [-0.05, 0) is 17.8 Å². The zero-order valence-corrected chi connectivity index (χ0v) is 7.63. The van der Waals surface area contributed by atoms with Crippen LogP contribution in [0.2, 0.25) is 0 Å². The lowest BCUT2D eigenvalue weighted by Gasteiger charge is -2.25. The van der Waals surface area contributed by atoms with E-state index in [4.69, 9.17) is 9.84 Å². The molecule has 0 aliphatic carbocycles. The largest absolute Gasteiger partial charge is 0.394 e. The van der Waals surface area contributed by atoms with Crippen LogP contribution < -0.4 is 0 Å². The van der Waals surface area contributed by atoms with Crippen LogP contribution in [0.4, 0.5) is 0 Å². The first kappa shape index (κ1) is 9.01. The first-order chi connectivity index (χ1) is 5.04. The maximum Gasteiger partial charge on any atom is 0.0809 e. The van der Waals surface area contributed by atoms with Crippen LogP contribution in [0.25, 0.3) is 0 Å². The quantitative estimate of drug-likeness (QED) is 0.625. The standard InChI is InChI=1S/C9H18O2/c1-9(2,3)7-4-8(5-10)11-6-7/h7-8,10H,4-6H2,1-3H3/t7-,8-/m1/s1. The Balaban J connectivity index is 2.42. The maximum absolute atomic E-state index is 8.82. The summed E-state index contributed by atoms with van der Waals surface area (Å²) in [5.41, 5.74) is 0.323. The summed E-state index contributed by atoms with van der Waals surface area (Å²) < 4.78 is 5.39. The van der Waals surface area contributed by atoms with E-state index >= 15 is 0 Å². The molecule has 1 heterocycles.